The highest BCUT2D eigenvalue weighted by Gasteiger charge is 2.17. The van der Waals surface area contributed by atoms with Crippen molar-refractivity contribution < 1.29 is 0 Å². The van der Waals surface area contributed by atoms with Crippen LogP contribution >= 0.6 is 0 Å². The van der Waals surface area contributed by atoms with E-state index in [9.17, 15) is 0 Å². The third kappa shape index (κ3) is 3.02. The summed E-state index contributed by atoms with van der Waals surface area (Å²) in [5, 5.41) is 4.63. The molecule has 0 fully saturated rings. The van der Waals surface area contributed by atoms with Gasteiger partial charge in [0.15, 0.2) is 0 Å². The molecule has 0 saturated carbocycles. The molecular formula is C28H24N2. The van der Waals surface area contributed by atoms with Crippen LogP contribution < -0.4 is 11.3 Å². The number of aryl methyl sites for hydroxylation is 2. The molecule has 2 heteroatoms. The number of rotatable bonds is 3. The minimum absolute atomic E-state index is 0.965. The number of hydrazine groups is 1. The van der Waals surface area contributed by atoms with E-state index in [1.54, 1.807) is 0 Å². The van der Waals surface area contributed by atoms with Crippen molar-refractivity contribution in [1.29, 1.82) is 0 Å². The molecule has 5 aromatic rings. The van der Waals surface area contributed by atoms with Gasteiger partial charge < -0.3 is 5.43 Å². The number of hydrogen-bond donors (Lipinski definition) is 2. The zero-order valence-electron chi connectivity index (χ0n) is 17.2. The molecule has 0 unspecified atom stereocenters. The minimum Gasteiger partial charge on any atom is -0.323 e. The lowest BCUT2D eigenvalue weighted by Crippen LogP contribution is -2.08. The first-order chi connectivity index (χ1) is 14.7. The molecule has 0 aliphatic rings. The van der Waals surface area contributed by atoms with Crippen molar-refractivity contribution in [3.63, 3.8) is 0 Å². The molecule has 5 rings (SSSR count). The van der Waals surface area contributed by atoms with Gasteiger partial charge in [0.1, 0.15) is 0 Å². The fourth-order valence-electron chi connectivity index (χ4n) is 4.30. The SMILES string of the molecule is Cc1ccc(-c2ccc3cc4ccccc4c(NN)c3c2-c2ccc(C)cc2)cc1. The molecule has 5 aromatic carbocycles. The third-order valence-corrected chi connectivity index (χ3v) is 5.88. The summed E-state index contributed by atoms with van der Waals surface area (Å²) >= 11 is 0. The zero-order chi connectivity index (χ0) is 20.7. The van der Waals surface area contributed by atoms with Gasteiger partial charge in [-0.1, -0.05) is 96.1 Å². The van der Waals surface area contributed by atoms with Crippen LogP contribution in [0.2, 0.25) is 0 Å². The Balaban J connectivity index is 1.95. The van der Waals surface area contributed by atoms with Crippen LogP contribution in [0.15, 0.2) is 91.0 Å². The lowest BCUT2D eigenvalue weighted by Gasteiger charge is -2.19. The summed E-state index contributed by atoms with van der Waals surface area (Å²) in [6.07, 6.45) is 0. The van der Waals surface area contributed by atoms with E-state index in [1.165, 1.54) is 44.2 Å². The Labute approximate surface area is 176 Å². The predicted molar refractivity (Wildman–Crippen MR) is 130 cm³/mol. The first-order valence-corrected chi connectivity index (χ1v) is 10.2. The number of nitrogens with one attached hydrogen (secondary N) is 1. The van der Waals surface area contributed by atoms with Crippen LogP contribution in [0.25, 0.3) is 43.8 Å². The molecule has 0 atom stereocenters. The highest BCUT2D eigenvalue weighted by atomic mass is 15.2. The van der Waals surface area contributed by atoms with Crippen molar-refractivity contribution in [2.24, 2.45) is 5.84 Å². The smallest absolute Gasteiger partial charge is 0.0648 e. The lowest BCUT2D eigenvalue weighted by atomic mass is 9.87. The zero-order valence-corrected chi connectivity index (χ0v) is 17.2. The maximum atomic E-state index is 6.11. The molecule has 0 aliphatic heterocycles. The third-order valence-electron chi connectivity index (χ3n) is 5.88. The van der Waals surface area contributed by atoms with Gasteiger partial charge in [-0.15, -0.1) is 0 Å². The van der Waals surface area contributed by atoms with Gasteiger partial charge in [0.05, 0.1) is 5.69 Å². The van der Waals surface area contributed by atoms with E-state index >= 15 is 0 Å². The van der Waals surface area contributed by atoms with E-state index in [4.69, 9.17) is 5.84 Å². The second-order valence-electron chi connectivity index (χ2n) is 7.94. The molecule has 0 spiro atoms. The van der Waals surface area contributed by atoms with Gasteiger partial charge in [0.25, 0.3) is 0 Å². The summed E-state index contributed by atoms with van der Waals surface area (Å²) in [4.78, 5) is 0. The van der Waals surface area contributed by atoms with E-state index < -0.39 is 0 Å². The fourth-order valence-corrected chi connectivity index (χ4v) is 4.30. The molecule has 0 radical (unpaired) electrons. The average molecular weight is 389 g/mol. The minimum atomic E-state index is 0.965. The molecule has 0 heterocycles. The van der Waals surface area contributed by atoms with Gasteiger partial charge in [-0.3, -0.25) is 5.84 Å². The molecule has 146 valence electrons. The van der Waals surface area contributed by atoms with Crippen molar-refractivity contribution in [2.75, 3.05) is 5.43 Å². The van der Waals surface area contributed by atoms with Gasteiger partial charge in [-0.2, -0.15) is 0 Å². The number of fused-ring (bicyclic) bond motifs is 2. The van der Waals surface area contributed by atoms with E-state index in [0.717, 1.165) is 16.5 Å². The summed E-state index contributed by atoms with van der Waals surface area (Å²) < 4.78 is 0. The second-order valence-corrected chi connectivity index (χ2v) is 7.94. The number of nitrogen functional groups attached to an aromatic ring is 1. The lowest BCUT2D eigenvalue weighted by molar-refractivity contribution is 1.38. The van der Waals surface area contributed by atoms with Gasteiger partial charge >= 0.3 is 0 Å². The molecule has 0 saturated heterocycles. The highest BCUT2D eigenvalue weighted by molar-refractivity contribution is 6.18. The Morgan fingerprint density at radius 1 is 0.633 bits per heavy atom. The molecular weight excluding hydrogens is 364 g/mol. The first-order valence-electron chi connectivity index (χ1n) is 10.2. The van der Waals surface area contributed by atoms with E-state index in [-0.39, 0.29) is 0 Å². The monoisotopic (exact) mass is 388 g/mol. The molecule has 0 aliphatic carbocycles. The van der Waals surface area contributed by atoms with Crippen LogP contribution in [-0.4, -0.2) is 0 Å². The van der Waals surface area contributed by atoms with Crippen LogP contribution in [0.3, 0.4) is 0 Å². The summed E-state index contributed by atoms with van der Waals surface area (Å²) in [5.74, 6) is 6.11. The number of hydrogen-bond acceptors (Lipinski definition) is 2. The maximum Gasteiger partial charge on any atom is 0.0648 e. The summed E-state index contributed by atoms with van der Waals surface area (Å²) in [6, 6.07) is 32.6. The summed E-state index contributed by atoms with van der Waals surface area (Å²) in [6.45, 7) is 4.24. The van der Waals surface area contributed by atoms with Gasteiger partial charge in [-0.25, -0.2) is 0 Å². The molecule has 3 N–H and O–H groups in total. The Bertz CT molecular complexity index is 1360. The van der Waals surface area contributed by atoms with Gasteiger partial charge in [0, 0.05) is 10.8 Å². The molecule has 30 heavy (non-hydrogen) atoms. The normalized spacial score (nSPS) is 11.2. The van der Waals surface area contributed by atoms with Crippen LogP contribution in [0.1, 0.15) is 11.1 Å². The van der Waals surface area contributed by atoms with Crippen LogP contribution in [-0.2, 0) is 0 Å². The Morgan fingerprint density at radius 3 is 1.93 bits per heavy atom. The van der Waals surface area contributed by atoms with Gasteiger partial charge in [0.2, 0.25) is 0 Å². The van der Waals surface area contributed by atoms with Crippen LogP contribution in [0.4, 0.5) is 5.69 Å². The van der Waals surface area contributed by atoms with Crippen LogP contribution in [0.5, 0.6) is 0 Å². The Hall–Kier alpha value is -3.62. The largest absolute Gasteiger partial charge is 0.323 e. The number of nitrogens with two attached hydrogens (primary N) is 1. The quantitative estimate of drug-likeness (QED) is 0.194. The van der Waals surface area contributed by atoms with Gasteiger partial charge in [-0.05, 0) is 52.9 Å². The van der Waals surface area contributed by atoms with E-state index in [0.29, 0.717) is 0 Å². The molecule has 2 nitrogen and oxygen atoms in total. The van der Waals surface area contributed by atoms with Crippen LogP contribution in [0, 0.1) is 13.8 Å². The molecule has 0 aromatic heterocycles. The Kier molecular flexibility index (Phi) is 4.50. The van der Waals surface area contributed by atoms with Crippen molar-refractivity contribution in [3.05, 3.63) is 102 Å². The maximum absolute atomic E-state index is 6.11. The summed E-state index contributed by atoms with van der Waals surface area (Å²) in [7, 11) is 0. The highest BCUT2D eigenvalue weighted by Crippen LogP contribution is 2.44. The second kappa shape index (κ2) is 7.33. The van der Waals surface area contributed by atoms with Crippen molar-refractivity contribution in [1.82, 2.24) is 0 Å². The number of benzene rings is 5. The van der Waals surface area contributed by atoms with Crippen molar-refractivity contribution in [2.45, 2.75) is 13.8 Å². The standard InChI is InChI=1S/C28H24N2/c1-18-7-11-20(12-8-18)24-16-15-23-17-22-5-3-4-6-25(22)28(30-29)27(23)26(24)21-13-9-19(2)10-14-21/h3-17,30H,29H2,1-2H3. The van der Waals surface area contributed by atoms with E-state index in [2.05, 4.69) is 110 Å². The Morgan fingerprint density at radius 2 is 1.27 bits per heavy atom. The summed E-state index contributed by atoms with van der Waals surface area (Å²) in [5.41, 5.74) is 11.3. The average Bonchev–Trinajstić information content (AvgIpc) is 2.78. The van der Waals surface area contributed by atoms with Crippen molar-refractivity contribution >= 4 is 27.2 Å². The fraction of sp³-hybridized carbons (Fsp3) is 0.0714. The molecule has 0 bridgehead atoms. The predicted octanol–water partition coefficient (Wildman–Crippen LogP) is 7.23. The van der Waals surface area contributed by atoms with Crippen molar-refractivity contribution in [3.8, 4) is 22.3 Å². The topological polar surface area (TPSA) is 38.0 Å². The number of anilines is 1. The first kappa shape index (κ1) is 18.4. The van der Waals surface area contributed by atoms with E-state index in [1.807, 2.05) is 0 Å². The molecule has 0 amide bonds.